The van der Waals surface area contributed by atoms with Crippen LogP contribution < -0.4 is 4.90 Å². The summed E-state index contributed by atoms with van der Waals surface area (Å²) in [5.74, 6) is 0. The molecule has 2 heterocycles. The van der Waals surface area contributed by atoms with E-state index in [1.165, 1.54) is 60.4 Å². The number of fused-ring (bicyclic) bond motifs is 10. The highest BCUT2D eigenvalue weighted by Gasteiger charge is 2.35. The number of benzene rings is 10. The first-order valence-electron chi connectivity index (χ1n) is 22.2. The number of hydrogen-bond acceptors (Lipinski definition) is 2. The molecule has 0 aliphatic heterocycles. The number of furan rings is 1. The lowest BCUT2D eigenvalue weighted by molar-refractivity contribution is 0.660. The minimum Gasteiger partial charge on any atom is -0.455 e. The molecule has 2 aromatic heterocycles. The monoisotopic (exact) mass is 818 g/mol. The van der Waals surface area contributed by atoms with Crippen LogP contribution in [0.25, 0.3) is 93.6 Å². The highest BCUT2D eigenvalue weighted by molar-refractivity contribution is 6.18. The van der Waals surface area contributed by atoms with Crippen LogP contribution in [0.3, 0.4) is 0 Å². The number of aromatic nitrogens is 1. The summed E-state index contributed by atoms with van der Waals surface area (Å²) >= 11 is 0. The Bertz CT molecular complexity index is 3790. The molecule has 0 saturated carbocycles. The molecule has 3 heteroatoms. The Hall–Kier alpha value is -8.14. The average molecular weight is 819 g/mol. The van der Waals surface area contributed by atoms with Gasteiger partial charge in [0.1, 0.15) is 11.2 Å². The molecule has 1 aliphatic rings. The third-order valence-corrected chi connectivity index (χ3v) is 13.8. The van der Waals surface area contributed by atoms with Gasteiger partial charge in [-0.2, -0.15) is 0 Å². The number of rotatable bonds is 6. The van der Waals surface area contributed by atoms with Crippen molar-refractivity contribution in [2.24, 2.45) is 0 Å². The SMILES string of the molecule is CC1(C)c2ccccc2-c2ccc(-c3ccccc3N(c3ccc4ccccc4c3)c3ccc(-c4ccccc4-n4c5ccccc5c5ccccc54)c4oc5ccccc5c34)cc21. The number of hydrogen-bond donors (Lipinski definition) is 0. The van der Waals surface area contributed by atoms with E-state index in [2.05, 4.69) is 242 Å². The summed E-state index contributed by atoms with van der Waals surface area (Å²) in [5, 5.41) is 7.00. The maximum absolute atomic E-state index is 7.10. The third-order valence-electron chi connectivity index (χ3n) is 13.8. The number of anilines is 3. The van der Waals surface area contributed by atoms with Gasteiger partial charge in [-0.05, 0) is 99.3 Å². The van der Waals surface area contributed by atoms with Crippen molar-refractivity contribution in [1.29, 1.82) is 0 Å². The van der Waals surface area contributed by atoms with Gasteiger partial charge in [0.25, 0.3) is 0 Å². The smallest absolute Gasteiger partial charge is 0.145 e. The topological polar surface area (TPSA) is 21.3 Å². The zero-order chi connectivity index (χ0) is 42.5. The van der Waals surface area contributed by atoms with Crippen LogP contribution in [0, 0.1) is 0 Å². The Morgan fingerprint density at radius 1 is 0.422 bits per heavy atom. The largest absolute Gasteiger partial charge is 0.455 e. The van der Waals surface area contributed by atoms with E-state index in [4.69, 9.17) is 4.42 Å². The Kier molecular flexibility index (Phi) is 7.95. The van der Waals surface area contributed by atoms with Crippen molar-refractivity contribution < 1.29 is 4.42 Å². The third kappa shape index (κ3) is 5.34. The number of para-hydroxylation sites is 5. The predicted octanol–water partition coefficient (Wildman–Crippen LogP) is 16.9. The molecule has 0 unspecified atom stereocenters. The first-order valence-corrected chi connectivity index (χ1v) is 22.2. The molecular weight excluding hydrogens is 777 g/mol. The van der Waals surface area contributed by atoms with Gasteiger partial charge in [-0.3, -0.25) is 0 Å². The van der Waals surface area contributed by atoms with Crippen LogP contribution in [0.2, 0.25) is 0 Å². The Balaban J connectivity index is 1.07. The lowest BCUT2D eigenvalue weighted by Gasteiger charge is -2.29. The van der Waals surface area contributed by atoms with Crippen molar-refractivity contribution >= 4 is 71.6 Å². The minimum atomic E-state index is -0.123. The first kappa shape index (κ1) is 36.5. The summed E-state index contributed by atoms with van der Waals surface area (Å²) in [6, 6.07) is 79.6. The summed E-state index contributed by atoms with van der Waals surface area (Å²) in [7, 11) is 0. The second-order valence-electron chi connectivity index (χ2n) is 17.6. The van der Waals surface area contributed by atoms with Crippen molar-refractivity contribution in [2.45, 2.75) is 19.3 Å². The fourth-order valence-corrected chi connectivity index (χ4v) is 10.8. The van der Waals surface area contributed by atoms with Crippen LogP contribution in [-0.2, 0) is 5.41 Å². The molecule has 0 saturated heterocycles. The van der Waals surface area contributed by atoms with Gasteiger partial charge in [-0.25, -0.2) is 0 Å². The van der Waals surface area contributed by atoms with Crippen LogP contribution >= 0.6 is 0 Å². The summed E-state index contributed by atoms with van der Waals surface area (Å²) < 4.78 is 9.51. The van der Waals surface area contributed by atoms with Crippen LogP contribution in [0.4, 0.5) is 17.1 Å². The molecule has 0 radical (unpaired) electrons. The molecule has 0 atom stereocenters. The normalized spacial score (nSPS) is 13.0. The minimum absolute atomic E-state index is 0.123. The van der Waals surface area contributed by atoms with E-state index in [-0.39, 0.29) is 5.41 Å². The van der Waals surface area contributed by atoms with Crippen molar-refractivity contribution in [3.05, 3.63) is 230 Å². The molecule has 0 fully saturated rings. The van der Waals surface area contributed by atoms with Gasteiger partial charge in [0.2, 0.25) is 0 Å². The highest BCUT2D eigenvalue weighted by Crippen LogP contribution is 2.52. The summed E-state index contributed by atoms with van der Waals surface area (Å²) in [6.07, 6.45) is 0. The first-order chi connectivity index (χ1) is 31.5. The standard InChI is InChI=1S/C61H42N2O/c1-61(2)51-25-11-5-20-44(51)45-34-32-41(38-52(45)61)43-19-6-12-26-53(43)62(42-33-31-39-17-3-4-18-40(39)37-42)57-36-35-49(60-59(57)50-24-10-16-30-58(50)64-60)48-23-9-15-29-56(48)63-54-27-13-7-21-46(54)47-22-8-14-28-55(47)63/h3-38H,1-2H3. The molecule has 0 N–H and O–H groups in total. The van der Waals surface area contributed by atoms with Crippen LogP contribution in [0.15, 0.2) is 223 Å². The molecule has 13 rings (SSSR count). The predicted molar refractivity (Wildman–Crippen MR) is 269 cm³/mol. The van der Waals surface area contributed by atoms with Crippen LogP contribution in [-0.4, -0.2) is 4.57 Å². The molecule has 0 spiro atoms. The van der Waals surface area contributed by atoms with E-state index in [1.807, 2.05) is 0 Å². The van der Waals surface area contributed by atoms with Crippen LogP contribution in [0.5, 0.6) is 0 Å². The van der Waals surface area contributed by atoms with Gasteiger partial charge in [0, 0.05) is 44.0 Å². The zero-order valence-electron chi connectivity index (χ0n) is 35.6. The van der Waals surface area contributed by atoms with E-state index >= 15 is 0 Å². The van der Waals surface area contributed by atoms with Crippen molar-refractivity contribution in [2.75, 3.05) is 4.90 Å². The lowest BCUT2D eigenvalue weighted by Crippen LogP contribution is -2.15. The lowest BCUT2D eigenvalue weighted by atomic mass is 9.81. The summed E-state index contributed by atoms with van der Waals surface area (Å²) in [6.45, 7) is 4.72. The van der Waals surface area contributed by atoms with E-state index in [0.29, 0.717) is 0 Å². The Morgan fingerprint density at radius 3 is 1.84 bits per heavy atom. The van der Waals surface area contributed by atoms with Gasteiger partial charge >= 0.3 is 0 Å². The molecule has 302 valence electrons. The van der Waals surface area contributed by atoms with Gasteiger partial charge < -0.3 is 13.9 Å². The van der Waals surface area contributed by atoms with E-state index in [1.54, 1.807) is 0 Å². The maximum atomic E-state index is 7.10. The molecule has 12 aromatic rings. The van der Waals surface area contributed by atoms with E-state index < -0.39 is 0 Å². The van der Waals surface area contributed by atoms with Gasteiger partial charge in [-0.15, -0.1) is 0 Å². The molecule has 3 nitrogen and oxygen atoms in total. The van der Waals surface area contributed by atoms with Crippen molar-refractivity contribution in [3.8, 4) is 39.1 Å². The number of nitrogens with zero attached hydrogens (tertiary/aromatic N) is 2. The summed E-state index contributed by atoms with van der Waals surface area (Å²) in [5.41, 5.74) is 18.1. The van der Waals surface area contributed by atoms with E-state index in [9.17, 15) is 0 Å². The average Bonchev–Trinajstić information content (AvgIpc) is 3.98. The van der Waals surface area contributed by atoms with Gasteiger partial charge in [-0.1, -0.05) is 172 Å². The molecule has 0 bridgehead atoms. The Morgan fingerprint density at radius 2 is 1.03 bits per heavy atom. The molecule has 0 amide bonds. The molecular formula is C61H42N2O. The quantitative estimate of drug-likeness (QED) is 0.167. The second-order valence-corrected chi connectivity index (χ2v) is 17.6. The van der Waals surface area contributed by atoms with Gasteiger partial charge in [0.15, 0.2) is 0 Å². The Labute approximate surface area is 371 Å². The fourth-order valence-electron chi connectivity index (χ4n) is 10.8. The maximum Gasteiger partial charge on any atom is 0.145 e. The van der Waals surface area contributed by atoms with Crippen molar-refractivity contribution in [1.82, 2.24) is 4.57 Å². The summed E-state index contributed by atoms with van der Waals surface area (Å²) in [4.78, 5) is 2.46. The second kappa shape index (κ2) is 13.9. The van der Waals surface area contributed by atoms with Gasteiger partial charge in [0.05, 0.1) is 33.5 Å². The fraction of sp³-hybridized carbons (Fsp3) is 0.0492. The van der Waals surface area contributed by atoms with Crippen molar-refractivity contribution in [3.63, 3.8) is 0 Å². The highest BCUT2D eigenvalue weighted by atomic mass is 16.3. The molecule has 10 aromatic carbocycles. The zero-order valence-corrected chi connectivity index (χ0v) is 35.6. The molecule has 64 heavy (non-hydrogen) atoms. The van der Waals surface area contributed by atoms with E-state index in [0.717, 1.165) is 61.4 Å². The molecule has 1 aliphatic carbocycles. The van der Waals surface area contributed by atoms with Crippen LogP contribution in [0.1, 0.15) is 25.0 Å².